The topological polar surface area (TPSA) is 61.8 Å². The molecule has 2 aliphatic heterocycles. The highest BCUT2D eigenvalue weighted by Crippen LogP contribution is 2.12. The lowest BCUT2D eigenvalue weighted by Crippen LogP contribution is -2.51. The van der Waals surface area contributed by atoms with Gasteiger partial charge < -0.3 is 15.2 Å². The number of morpholine rings is 1. The predicted molar refractivity (Wildman–Crippen MR) is 54.4 cm³/mol. The lowest BCUT2D eigenvalue weighted by Gasteiger charge is -2.35. The van der Waals surface area contributed by atoms with E-state index in [9.17, 15) is 9.90 Å². The van der Waals surface area contributed by atoms with Gasteiger partial charge in [0.15, 0.2) is 0 Å². The molecule has 0 aromatic rings. The molecule has 0 aromatic carbocycles. The van der Waals surface area contributed by atoms with Gasteiger partial charge in [0.25, 0.3) is 0 Å². The number of carbonyl (C=O) groups is 1. The van der Waals surface area contributed by atoms with Crippen molar-refractivity contribution in [2.75, 3.05) is 32.9 Å². The Morgan fingerprint density at radius 2 is 2.47 bits per heavy atom. The number of hydrogen-bond donors (Lipinski definition) is 2. The van der Waals surface area contributed by atoms with Crippen molar-refractivity contribution in [3.63, 3.8) is 0 Å². The van der Waals surface area contributed by atoms with Crippen molar-refractivity contribution in [2.45, 2.75) is 24.9 Å². The first-order valence-corrected chi connectivity index (χ1v) is 5.51. The number of nitrogens with one attached hydrogen (secondary N) is 1. The minimum Gasteiger partial charge on any atom is -0.395 e. The molecule has 2 aliphatic rings. The van der Waals surface area contributed by atoms with Crippen LogP contribution in [0.2, 0.25) is 0 Å². The summed E-state index contributed by atoms with van der Waals surface area (Å²) in [5, 5.41) is 12.1. The summed E-state index contributed by atoms with van der Waals surface area (Å²) < 4.78 is 5.30. The average Bonchev–Trinajstić information content (AvgIpc) is 2.65. The van der Waals surface area contributed by atoms with Gasteiger partial charge in [0.1, 0.15) is 0 Å². The van der Waals surface area contributed by atoms with E-state index >= 15 is 0 Å². The van der Waals surface area contributed by atoms with E-state index < -0.39 is 0 Å². The summed E-state index contributed by atoms with van der Waals surface area (Å²) in [6.07, 6.45) is 1.55. The summed E-state index contributed by atoms with van der Waals surface area (Å²) in [4.78, 5) is 13.3. The Morgan fingerprint density at radius 3 is 3.13 bits per heavy atom. The Kier molecular flexibility index (Phi) is 3.56. The smallest absolute Gasteiger partial charge is 0.220 e. The van der Waals surface area contributed by atoms with E-state index in [2.05, 4.69) is 10.2 Å². The molecule has 2 fully saturated rings. The first kappa shape index (κ1) is 10.9. The molecule has 2 N–H and O–H groups in total. The van der Waals surface area contributed by atoms with Crippen molar-refractivity contribution in [2.24, 2.45) is 0 Å². The van der Waals surface area contributed by atoms with Crippen LogP contribution in [-0.4, -0.2) is 60.9 Å². The van der Waals surface area contributed by atoms with Gasteiger partial charge in [0.2, 0.25) is 5.91 Å². The summed E-state index contributed by atoms with van der Waals surface area (Å²) in [5.74, 6) is 0.147. The molecule has 2 atom stereocenters. The second-order valence-electron chi connectivity index (χ2n) is 4.21. The van der Waals surface area contributed by atoms with Crippen LogP contribution in [0.3, 0.4) is 0 Å². The van der Waals surface area contributed by atoms with Gasteiger partial charge in [-0.25, -0.2) is 0 Å². The molecule has 0 saturated carbocycles. The normalized spacial score (nSPS) is 33.0. The van der Waals surface area contributed by atoms with Gasteiger partial charge in [0, 0.05) is 25.6 Å². The summed E-state index contributed by atoms with van der Waals surface area (Å²) in [7, 11) is 0. The van der Waals surface area contributed by atoms with Gasteiger partial charge in [0.05, 0.1) is 25.9 Å². The van der Waals surface area contributed by atoms with Crippen molar-refractivity contribution >= 4 is 5.91 Å². The van der Waals surface area contributed by atoms with E-state index in [0.29, 0.717) is 13.0 Å². The third kappa shape index (κ3) is 2.68. The lowest BCUT2D eigenvalue weighted by atomic mass is 10.1. The predicted octanol–water partition coefficient (Wildman–Crippen LogP) is -1.04. The van der Waals surface area contributed by atoms with Crippen LogP contribution in [0.25, 0.3) is 0 Å². The van der Waals surface area contributed by atoms with Crippen molar-refractivity contribution < 1.29 is 14.6 Å². The molecule has 0 bridgehead atoms. The highest BCUT2D eigenvalue weighted by molar-refractivity contribution is 5.78. The first-order valence-electron chi connectivity index (χ1n) is 5.51. The largest absolute Gasteiger partial charge is 0.395 e. The Balaban J connectivity index is 1.83. The van der Waals surface area contributed by atoms with Crippen molar-refractivity contribution in [1.82, 2.24) is 10.2 Å². The molecule has 2 saturated heterocycles. The molecule has 5 nitrogen and oxygen atoms in total. The van der Waals surface area contributed by atoms with Crippen LogP contribution in [0, 0.1) is 0 Å². The maximum atomic E-state index is 11.0. The maximum absolute atomic E-state index is 11.0. The number of aliphatic hydroxyl groups is 1. The second kappa shape index (κ2) is 4.92. The molecule has 1 amide bonds. The summed E-state index contributed by atoms with van der Waals surface area (Å²) in [6.45, 7) is 3.12. The quantitative estimate of drug-likeness (QED) is 0.630. The minimum atomic E-state index is 0.0938. The molecule has 2 unspecified atom stereocenters. The molecule has 0 aromatic heterocycles. The van der Waals surface area contributed by atoms with Crippen LogP contribution in [0.1, 0.15) is 12.8 Å². The van der Waals surface area contributed by atoms with Crippen LogP contribution < -0.4 is 5.32 Å². The molecule has 0 radical (unpaired) electrons. The highest BCUT2D eigenvalue weighted by Gasteiger charge is 2.28. The third-order valence-corrected chi connectivity index (χ3v) is 3.10. The molecule has 86 valence electrons. The maximum Gasteiger partial charge on any atom is 0.220 e. The molecule has 5 heteroatoms. The minimum absolute atomic E-state index is 0.0938. The fraction of sp³-hybridized carbons (Fsp3) is 0.900. The fourth-order valence-electron chi connectivity index (χ4n) is 2.20. The molecule has 0 aliphatic carbocycles. The van der Waals surface area contributed by atoms with Crippen molar-refractivity contribution in [1.29, 1.82) is 0 Å². The van der Waals surface area contributed by atoms with Crippen LogP contribution in [0.4, 0.5) is 0 Å². The van der Waals surface area contributed by atoms with Crippen LogP contribution in [-0.2, 0) is 9.53 Å². The Morgan fingerprint density at radius 1 is 1.60 bits per heavy atom. The number of aliphatic hydroxyl groups excluding tert-OH is 1. The molecule has 15 heavy (non-hydrogen) atoms. The SMILES string of the molecule is O=C1CCC(CN2CCOCC2CO)N1. The third-order valence-electron chi connectivity index (χ3n) is 3.10. The number of ether oxygens (including phenoxy) is 1. The summed E-state index contributed by atoms with van der Waals surface area (Å²) in [6, 6.07) is 0.348. The molecule has 0 spiro atoms. The van der Waals surface area contributed by atoms with Gasteiger partial charge in [-0.1, -0.05) is 0 Å². The van der Waals surface area contributed by atoms with Crippen LogP contribution in [0.15, 0.2) is 0 Å². The van der Waals surface area contributed by atoms with E-state index in [4.69, 9.17) is 4.74 Å². The Hall–Kier alpha value is -0.650. The highest BCUT2D eigenvalue weighted by atomic mass is 16.5. The molecular formula is C10H18N2O3. The zero-order valence-electron chi connectivity index (χ0n) is 8.82. The van der Waals surface area contributed by atoms with Crippen molar-refractivity contribution in [3.8, 4) is 0 Å². The standard InChI is InChI=1S/C10H18N2O3/c13-6-9-7-15-4-3-12(9)5-8-1-2-10(14)11-8/h8-9,13H,1-7H2,(H,11,14). The monoisotopic (exact) mass is 214 g/mol. The first-order chi connectivity index (χ1) is 7.29. The number of hydrogen-bond acceptors (Lipinski definition) is 4. The van der Waals surface area contributed by atoms with Crippen molar-refractivity contribution in [3.05, 3.63) is 0 Å². The second-order valence-corrected chi connectivity index (χ2v) is 4.21. The fourth-order valence-corrected chi connectivity index (χ4v) is 2.20. The molecule has 2 heterocycles. The summed E-state index contributed by atoms with van der Waals surface area (Å²) >= 11 is 0. The van der Waals surface area contributed by atoms with E-state index in [1.807, 2.05) is 0 Å². The number of nitrogens with zero attached hydrogens (tertiary/aromatic N) is 1. The van der Waals surface area contributed by atoms with Gasteiger partial charge in [-0.2, -0.15) is 0 Å². The molecule has 2 rings (SSSR count). The van der Waals surface area contributed by atoms with Gasteiger partial charge in [-0.05, 0) is 6.42 Å². The van der Waals surface area contributed by atoms with E-state index in [1.165, 1.54) is 0 Å². The van der Waals surface area contributed by atoms with Crippen LogP contribution >= 0.6 is 0 Å². The van der Waals surface area contributed by atoms with E-state index in [1.54, 1.807) is 0 Å². The van der Waals surface area contributed by atoms with Gasteiger partial charge in [-0.3, -0.25) is 9.69 Å². The van der Waals surface area contributed by atoms with Gasteiger partial charge >= 0.3 is 0 Å². The zero-order valence-corrected chi connectivity index (χ0v) is 8.82. The average molecular weight is 214 g/mol. The lowest BCUT2D eigenvalue weighted by molar-refractivity contribution is -0.119. The molecular weight excluding hydrogens is 196 g/mol. The number of amides is 1. The van der Waals surface area contributed by atoms with Gasteiger partial charge in [-0.15, -0.1) is 0 Å². The summed E-state index contributed by atoms with van der Waals surface area (Å²) in [5.41, 5.74) is 0. The van der Waals surface area contributed by atoms with E-state index in [-0.39, 0.29) is 24.6 Å². The number of carbonyl (C=O) groups excluding carboxylic acids is 1. The van der Waals surface area contributed by atoms with E-state index in [0.717, 1.165) is 26.1 Å². The zero-order chi connectivity index (χ0) is 10.7. The number of rotatable bonds is 3. The van der Waals surface area contributed by atoms with Crippen LogP contribution in [0.5, 0.6) is 0 Å². The Labute approximate surface area is 89.4 Å². The Bertz CT molecular complexity index is 235.